The zero-order chi connectivity index (χ0) is 14.6. The number of carbonyl (C=O) groups excluding carboxylic acids is 1. The quantitative estimate of drug-likeness (QED) is 0.592. The highest BCUT2D eigenvalue weighted by Gasteiger charge is 2.44. The standard InChI is InChI=1S/C16H20O4/c1-4-14-16(2,10-5-11-17)20-15(19-14)12-6-8-13(18-3)9-7-12/h4,6-9,11,14-15H,1,5,10H2,2-3H3/t14-,15?,16+/m0/s1. The molecule has 1 fully saturated rings. The molecule has 1 aliphatic heterocycles. The van der Waals surface area contributed by atoms with Crippen LogP contribution in [0.3, 0.4) is 0 Å². The van der Waals surface area contributed by atoms with Crippen LogP contribution < -0.4 is 4.74 Å². The van der Waals surface area contributed by atoms with Crippen LogP contribution in [0.2, 0.25) is 0 Å². The number of ether oxygens (including phenoxy) is 3. The first-order valence-electron chi connectivity index (χ1n) is 6.66. The highest BCUT2D eigenvalue weighted by Crippen LogP contribution is 2.41. The molecule has 1 heterocycles. The number of hydrogen-bond acceptors (Lipinski definition) is 4. The van der Waals surface area contributed by atoms with E-state index in [4.69, 9.17) is 14.2 Å². The molecule has 1 aliphatic rings. The molecule has 2 rings (SSSR count). The monoisotopic (exact) mass is 276 g/mol. The van der Waals surface area contributed by atoms with Crippen LogP contribution >= 0.6 is 0 Å². The number of rotatable bonds is 6. The van der Waals surface area contributed by atoms with E-state index in [1.54, 1.807) is 13.2 Å². The molecule has 0 radical (unpaired) electrons. The van der Waals surface area contributed by atoms with Gasteiger partial charge in [-0.3, -0.25) is 0 Å². The summed E-state index contributed by atoms with van der Waals surface area (Å²) in [6.07, 6.45) is 3.01. The first kappa shape index (κ1) is 14.8. The van der Waals surface area contributed by atoms with E-state index in [2.05, 4.69) is 6.58 Å². The third-order valence-electron chi connectivity index (χ3n) is 3.61. The summed E-state index contributed by atoms with van der Waals surface area (Å²) < 4.78 is 17.0. The molecule has 3 atom stereocenters. The lowest BCUT2D eigenvalue weighted by atomic mass is 9.94. The van der Waals surface area contributed by atoms with Gasteiger partial charge in [0.15, 0.2) is 6.29 Å². The molecule has 1 saturated heterocycles. The van der Waals surface area contributed by atoms with Crippen LogP contribution in [0.1, 0.15) is 31.6 Å². The summed E-state index contributed by atoms with van der Waals surface area (Å²) in [5, 5.41) is 0. The topological polar surface area (TPSA) is 44.8 Å². The highest BCUT2D eigenvalue weighted by atomic mass is 16.7. The van der Waals surface area contributed by atoms with Crippen LogP contribution in [-0.2, 0) is 14.3 Å². The first-order chi connectivity index (χ1) is 9.62. The van der Waals surface area contributed by atoms with Gasteiger partial charge in [-0.25, -0.2) is 0 Å². The summed E-state index contributed by atoms with van der Waals surface area (Å²) in [6, 6.07) is 7.56. The van der Waals surface area contributed by atoms with Crippen molar-refractivity contribution in [1.29, 1.82) is 0 Å². The van der Waals surface area contributed by atoms with Gasteiger partial charge in [0.05, 0.1) is 12.7 Å². The van der Waals surface area contributed by atoms with E-state index in [1.165, 1.54) is 0 Å². The average molecular weight is 276 g/mol. The number of methoxy groups -OCH3 is 1. The summed E-state index contributed by atoms with van der Waals surface area (Å²) >= 11 is 0. The molecular weight excluding hydrogens is 256 g/mol. The number of hydrogen-bond donors (Lipinski definition) is 0. The van der Waals surface area contributed by atoms with Gasteiger partial charge >= 0.3 is 0 Å². The zero-order valence-electron chi connectivity index (χ0n) is 11.9. The molecule has 108 valence electrons. The smallest absolute Gasteiger partial charge is 0.185 e. The number of carbonyl (C=O) groups is 1. The van der Waals surface area contributed by atoms with Crippen molar-refractivity contribution < 1.29 is 19.0 Å². The zero-order valence-corrected chi connectivity index (χ0v) is 11.9. The predicted molar refractivity (Wildman–Crippen MR) is 75.6 cm³/mol. The Morgan fingerprint density at radius 2 is 2.10 bits per heavy atom. The molecule has 0 bridgehead atoms. The molecule has 20 heavy (non-hydrogen) atoms. The molecule has 0 saturated carbocycles. The Balaban J connectivity index is 2.14. The Bertz CT molecular complexity index is 468. The van der Waals surface area contributed by atoms with Crippen LogP contribution in [0.25, 0.3) is 0 Å². The van der Waals surface area contributed by atoms with Crippen molar-refractivity contribution in [3.05, 3.63) is 42.5 Å². The summed E-state index contributed by atoms with van der Waals surface area (Å²) in [7, 11) is 1.63. The third-order valence-corrected chi connectivity index (χ3v) is 3.61. The first-order valence-corrected chi connectivity index (χ1v) is 6.66. The van der Waals surface area contributed by atoms with Gasteiger partial charge in [0, 0.05) is 12.0 Å². The van der Waals surface area contributed by atoms with Crippen molar-refractivity contribution in [2.24, 2.45) is 0 Å². The normalized spacial score (nSPS) is 29.1. The minimum Gasteiger partial charge on any atom is -0.497 e. The lowest BCUT2D eigenvalue weighted by molar-refractivity contribution is -0.111. The minimum absolute atomic E-state index is 0.227. The van der Waals surface area contributed by atoms with Gasteiger partial charge in [0.2, 0.25) is 0 Å². The molecule has 0 aliphatic carbocycles. The predicted octanol–water partition coefficient (Wildman–Crippen LogP) is 3.03. The summed E-state index contributed by atoms with van der Waals surface area (Å²) in [6.45, 7) is 5.74. The molecule has 0 aromatic heterocycles. The molecule has 4 heteroatoms. The van der Waals surface area contributed by atoms with Gasteiger partial charge in [0.1, 0.15) is 18.1 Å². The van der Waals surface area contributed by atoms with Gasteiger partial charge < -0.3 is 19.0 Å². The van der Waals surface area contributed by atoms with E-state index in [9.17, 15) is 4.79 Å². The van der Waals surface area contributed by atoms with Gasteiger partial charge in [-0.2, -0.15) is 0 Å². The Morgan fingerprint density at radius 3 is 2.65 bits per heavy atom. The largest absolute Gasteiger partial charge is 0.497 e. The molecule has 0 N–H and O–H groups in total. The van der Waals surface area contributed by atoms with E-state index in [-0.39, 0.29) is 6.10 Å². The molecule has 1 unspecified atom stereocenters. The molecule has 1 aromatic carbocycles. The highest BCUT2D eigenvalue weighted by molar-refractivity contribution is 5.49. The van der Waals surface area contributed by atoms with E-state index < -0.39 is 11.9 Å². The van der Waals surface area contributed by atoms with E-state index in [1.807, 2.05) is 31.2 Å². The molecule has 4 nitrogen and oxygen atoms in total. The maximum absolute atomic E-state index is 10.6. The van der Waals surface area contributed by atoms with Crippen LogP contribution in [0.5, 0.6) is 5.75 Å². The second-order valence-electron chi connectivity index (χ2n) is 5.03. The fourth-order valence-corrected chi connectivity index (χ4v) is 2.38. The van der Waals surface area contributed by atoms with Gasteiger partial charge in [0.25, 0.3) is 0 Å². The molecule has 0 spiro atoms. The van der Waals surface area contributed by atoms with Gasteiger partial charge in [-0.1, -0.05) is 18.2 Å². The van der Waals surface area contributed by atoms with Gasteiger partial charge in [-0.05, 0) is 25.5 Å². The number of aldehydes is 1. The average Bonchev–Trinajstić information content (AvgIpc) is 2.82. The van der Waals surface area contributed by atoms with Crippen molar-refractivity contribution in [3.8, 4) is 5.75 Å². The van der Waals surface area contributed by atoms with Crippen molar-refractivity contribution >= 4 is 6.29 Å². The maximum atomic E-state index is 10.6. The third kappa shape index (κ3) is 2.92. The SMILES string of the molecule is C=C[C@@H]1OC(c2ccc(OC)cc2)O[C@]1(C)CCC=O. The van der Waals surface area contributed by atoms with E-state index >= 15 is 0 Å². The Kier molecular flexibility index (Phi) is 4.57. The van der Waals surface area contributed by atoms with Gasteiger partial charge in [-0.15, -0.1) is 6.58 Å². The minimum atomic E-state index is -0.521. The van der Waals surface area contributed by atoms with Crippen LogP contribution in [0.15, 0.2) is 36.9 Å². The molecular formula is C16H20O4. The lowest BCUT2D eigenvalue weighted by Gasteiger charge is -2.25. The number of benzene rings is 1. The summed E-state index contributed by atoms with van der Waals surface area (Å²) in [5.74, 6) is 0.788. The van der Waals surface area contributed by atoms with Crippen LogP contribution in [0, 0.1) is 0 Å². The molecule has 1 aromatic rings. The fraction of sp³-hybridized carbons (Fsp3) is 0.438. The Morgan fingerprint density at radius 1 is 1.40 bits per heavy atom. The van der Waals surface area contributed by atoms with E-state index in [0.29, 0.717) is 12.8 Å². The summed E-state index contributed by atoms with van der Waals surface area (Å²) in [4.78, 5) is 10.6. The Hall–Kier alpha value is -1.65. The van der Waals surface area contributed by atoms with Crippen molar-refractivity contribution in [1.82, 2.24) is 0 Å². The lowest BCUT2D eigenvalue weighted by Crippen LogP contribution is -2.35. The fourth-order valence-electron chi connectivity index (χ4n) is 2.38. The van der Waals surface area contributed by atoms with Crippen molar-refractivity contribution in [2.75, 3.05) is 7.11 Å². The second-order valence-corrected chi connectivity index (χ2v) is 5.03. The van der Waals surface area contributed by atoms with Crippen molar-refractivity contribution in [3.63, 3.8) is 0 Å². The molecule has 0 amide bonds. The van der Waals surface area contributed by atoms with Crippen LogP contribution in [-0.4, -0.2) is 25.1 Å². The van der Waals surface area contributed by atoms with Crippen LogP contribution in [0.4, 0.5) is 0 Å². The second kappa shape index (κ2) is 6.20. The Labute approximate surface area is 119 Å². The van der Waals surface area contributed by atoms with Crippen molar-refractivity contribution in [2.45, 2.75) is 37.8 Å². The van der Waals surface area contributed by atoms with E-state index in [0.717, 1.165) is 17.6 Å². The summed E-state index contributed by atoms with van der Waals surface area (Å²) in [5.41, 5.74) is 0.403. The maximum Gasteiger partial charge on any atom is 0.185 e.